The van der Waals surface area contributed by atoms with Crippen molar-refractivity contribution in [3.8, 4) is 0 Å². The minimum absolute atomic E-state index is 0.125. The van der Waals surface area contributed by atoms with Crippen molar-refractivity contribution in [1.82, 2.24) is 15.1 Å². The summed E-state index contributed by atoms with van der Waals surface area (Å²) >= 11 is 6.28. The first-order valence-electron chi connectivity index (χ1n) is 11.4. The van der Waals surface area contributed by atoms with Crippen LogP contribution in [0, 0.1) is 17.3 Å². The smallest absolute Gasteiger partial charge is 0.222 e. The van der Waals surface area contributed by atoms with Crippen molar-refractivity contribution in [2.75, 3.05) is 24.6 Å². The summed E-state index contributed by atoms with van der Waals surface area (Å²) in [4.78, 5) is 14.7. The number of likely N-dealkylation sites (tertiary alicyclic amines) is 1. The van der Waals surface area contributed by atoms with Gasteiger partial charge in [0.2, 0.25) is 5.91 Å². The predicted molar refractivity (Wildman–Crippen MR) is 125 cm³/mol. The molecule has 7 nitrogen and oxygen atoms in total. The lowest BCUT2D eigenvalue weighted by atomic mass is 9.68. The number of benzene rings is 1. The normalized spacial score (nSPS) is 21.7. The van der Waals surface area contributed by atoms with E-state index in [0.717, 1.165) is 29.3 Å². The van der Waals surface area contributed by atoms with Crippen molar-refractivity contribution in [2.45, 2.75) is 52.1 Å². The van der Waals surface area contributed by atoms with Gasteiger partial charge in [-0.15, -0.1) is 0 Å². The Morgan fingerprint density at radius 2 is 1.91 bits per heavy atom. The Morgan fingerprint density at radius 3 is 2.56 bits per heavy atom. The minimum atomic E-state index is -2.91. The number of hydrogen-bond acceptors (Lipinski definition) is 5. The molecule has 2 aromatic rings. The van der Waals surface area contributed by atoms with Crippen LogP contribution in [0.5, 0.6) is 0 Å². The number of rotatable bonds is 5. The number of aliphatic hydroxyl groups excluding tert-OH is 1. The van der Waals surface area contributed by atoms with Gasteiger partial charge in [-0.3, -0.25) is 9.89 Å². The predicted octanol–water partition coefficient (Wildman–Crippen LogP) is 3.73. The van der Waals surface area contributed by atoms with E-state index >= 15 is 0 Å². The largest absolute Gasteiger partial charge is 0.388 e. The molecule has 2 saturated heterocycles. The van der Waals surface area contributed by atoms with E-state index in [1.165, 1.54) is 0 Å². The van der Waals surface area contributed by atoms with Gasteiger partial charge in [-0.25, -0.2) is 8.42 Å². The number of halogens is 1. The van der Waals surface area contributed by atoms with Gasteiger partial charge in [0.25, 0.3) is 0 Å². The summed E-state index contributed by atoms with van der Waals surface area (Å²) in [6, 6.07) is 3.63. The number of carbonyl (C=O) groups excluding carboxylic acids is 1. The van der Waals surface area contributed by atoms with Crippen LogP contribution in [0.2, 0.25) is 5.02 Å². The van der Waals surface area contributed by atoms with Gasteiger partial charge in [-0.1, -0.05) is 25.4 Å². The first kappa shape index (κ1) is 23.5. The maximum absolute atomic E-state index is 12.8. The minimum Gasteiger partial charge on any atom is -0.388 e. The zero-order valence-electron chi connectivity index (χ0n) is 18.7. The van der Waals surface area contributed by atoms with Gasteiger partial charge in [0.15, 0.2) is 0 Å². The molecule has 2 aliphatic rings. The highest BCUT2D eigenvalue weighted by Crippen LogP contribution is 2.46. The lowest BCUT2D eigenvalue weighted by Crippen LogP contribution is -2.44. The average molecular weight is 482 g/mol. The molecule has 3 heterocycles. The molecule has 2 N–H and O–H groups in total. The van der Waals surface area contributed by atoms with Gasteiger partial charge >= 0.3 is 0 Å². The monoisotopic (exact) mass is 481 g/mol. The standard InChI is InChI=1S/C23H32ClN3O4S/c1-23(2,22(29)19-13-18(24)12-16-14-25-26-21(16)19)17-3-7-27(8-4-17)20(28)11-15-5-9-32(30,31)10-6-15/h12-15,17,22,29H,3-11H2,1-2H3,(H,25,26)/t22-/m1/s1. The third-order valence-electron chi connectivity index (χ3n) is 7.58. The Bertz CT molecular complexity index is 1080. The summed E-state index contributed by atoms with van der Waals surface area (Å²) in [5.41, 5.74) is 1.15. The quantitative estimate of drug-likeness (QED) is 0.677. The molecule has 1 amide bonds. The van der Waals surface area contributed by atoms with Crippen molar-refractivity contribution in [1.29, 1.82) is 0 Å². The number of carbonyl (C=O) groups is 1. The van der Waals surface area contributed by atoms with E-state index in [9.17, 15) is 18.3 Å². The number of aromatic nitrogens is 2. The van der Waals surface area contributed by atoms with E-state index in [-0.39, 0.29) is 29.2 Å². The Balaban J connectivity index is 1.37. The Morgan fingerprint density at radius 1 is 1.25 bits per heavy atom. The molecular formula is C23H32ClN3O4S. The lowest BCUT2D eigenvalue weighted by molar-refractivity contribution is -0.135. The van der Waals surface area contributed by atoms with Crippen LogP contribution in [0.3, 0.4) is 0 Å². The van der Waals surface area contributed by atoms with E-state index in [2.05, 4.69) is 24.0 Å². The number of fused-ring (bicyclic) bond motifs is 1. The fraction of sp³-hybridized carbons (Fsp3) is 0.652. The van der Waals surface area contributed by atoms with Crippen LogP contribution in [-0.4, -0.2) is 59.1 Å². The van der Waals surface area contributed by atoms with Gasteiger partial charge < -0.3 is 10.0 Å². The number of hydrogen-bond donors (Lipinski definition) is 2. The van der Waals surface area contributed by atoms with E-state index < -0.39 is 21.4 Å². The molecule has 2 fully saturated rings. The van der Waals surface area contributed by atoms with Crippen LogP contribution >= 0.6 is 11.6 Å². The highest BCUT2D eigenvalue weighted by molar-refractivity contribution is 7.91. The van der Waals surface area contributed by atoms with Crippen molar-refractivity contribution >= 4 is 38.2 Å². The summed E-state index contributed by atoms with van der Waals surface area (Å²) in [6.07, 6.45) is 4.24. The maximum atomic E-state index is 12.8. The Labute approximate surface area is 194 Å². The molecule has 0 aliphatic carbocycles. The SMILES string of the molecule is CC(C)(C1CCN(C(=O)CC2CCS(=O)(=O)CC2)CC1)[C@H](O)c1cc(Cl)cc2cn[nH]c12. The van der Waals surface area contributed by atoms with E-state index in [4.69, 9.17) is 11.6 Å². The highest BCUT2D eigenvalue weighted by atomic mass is 35.5. The van der Waals surface area contributed by atoms with Gasteiger partial charge in [0.1, 0.15) is 9.84 Å². The molecule has 2 aliphatic heterocycles. The van der Waals surface area contributed by atoms with E-state index in [0.29, 0.717) is 37.4 Å². The van der Waals surface area contributed by atoms with E-state index in [1.54, 1.807) is 12.3 Å². The van der Waals surface area contributed by atoms with Gasteiger partial charge in [-0.2, -0.15) is 5.10 Å². The molecule has 1 aromatic heterocycles. The van der Waals surface area contributed by atoms with Crippen LogP contribution < -0.4 is 0 Å². The third kappa shape index (κ3) is 4.82. The van der Waals surface area contributed by atoms with Crippen LogP contribution in [0.15, 0.2) is 18.3 Å². The highest BCUT2D eigenvalue weighted by Gasteiger charge is 2.40. The fourth-order valence-corrected chi connectivity index (χ4v) is 7.10. The second-order valence-electron chi connectivity index (χ2n) is 10.0. The third-order valence-corrected chi connectivity index (χ3v) is 9.51. The topological polar surface area (TPSA) is 103 Å². The summed E-state index contributed by atoms with van der Waals surface area (Å²) in [7, 11) is -2.91. The number of amides is 1. The Hall–Kier alpha value is -1.64. The number of aliphatic hydroxyl groups is 1. The van der Waals surface area contributed by atoms with Crippen LogP contribution in [0.1, 0.15) is 57.6 Å². The second-order valence-corrected chi connectivity index (χ2v) is 12.7. The fourth-order valence-electron chi connectivity index (χ4n) is 5.28. The molecule has 0 saturated carbocycles. The van der Waals surface area contributed by atoms with Crippen LogP contribution in [-0.2, 0) is 14.6 Å². The van der Waals surface area contributed by atoms with Crippen molar-refractivity contribution < 1.29 is 18.3 Å². The van der Waals surface area contributed by atoms with E-state index in [1.807, 2.05) is 11.0 Å². The number of nitrogens with zero attached hydrogens (tertiary/aromatic N) is 2. The molecule has 1 atom stereocenters. The van der Waals surface area contributed by atoms with Crippen LogP contribution in [0.4, 0.5) is 0 Å². The zero-order valence-corrected chi connectivity index (χ0v) is 20.3. The number of piperidine rings is 1. The molecule has 1 aromatic carbocycles. The lowest BCUT2D eigenvalue weighted by Gasteiger charge is -2.43. The molecule has 32 heavy (non-hydrogen) atoms. The molecule has 0 radical (unpaired) electrons. The number of aromatic amines is 1. The summed E-state index contributed by atoms with van der Waals surface area (Å²) in [6.45, 7) is 5.48. The second kappa shape index (κ2) is 8.95. The van der Waals surface area contributed by atoms with Crippen LogP contribution in [0.25, 0.3) is 10.9 Å². The summed E-state index contributed by atoms with van der Waals surface area (Å²) in [5, 5.41) is 19.9. The zero-order chi connectivity index (χ0) is 23.1. The molecule has 9 heteroatoms. The molecule has 0 bridgehead atoms. The van der Waals surface area contributed by atoms with Crippen molar-refractivity contribution in [3.63, 3.8) is 0 Å². The van der Waals surface area contributed by atoms with Gasteiger partial charge in [-0.05, 0) is 55.1 Å². The number of sulfone groups is 1. The molecule has 0 spiro atoms. The Kier molecular flexibility index (Phi) is 6.58. The number of H-pyrrole nitrogens is 1. The number of nitrogens with one attached hydrogen (secondary N) is 1. The first-order valence-corrected chi connectivity index (χ1v) is 13.6. The van der Waals surface area contributed by atoms with Crippen molar-refractivity contribution in [2.24, 2.45) is 17.3 Å². The molecule has 176 valence electrons. The maximum Gasteiger partial charge on any atom is 0.222 e. The van der Waals surface area contributed by atoms with Gasteiger partial charge in [0.05, 0.1) is 29.3 Å². The summed E-state index contributed by atoms with van der Waals surface area (Å²) < 4.78 is 23.2. The first-order chi connectivity index (χ1) is 15.1. The molecule has 4 rings (SSSR count). The summed E-state index contributed by atoms with van der Waals surface area (Å²) in [5.74, 6) is 0.943. The van der Waals surface area contributed by atoms with Crippen molar-refractivity contribution in [3.05, 3.63) is 28.9 Å². The molecule has 0 unspecified atom stereocenters. The molecular weight excluding hydrogens is 450 g/mol. The average Bonchev–Trinajstić information content (AvgIpc) is 3.22. The van der Waals surface area contributed by atoms with Gasteiger partial charge in [0, 0.05) is 35.5 Å².